The zero-order valence-electron chi connectivity index (χ0n) is 11.2. The first kappa shape index (κ1) is 14.1. The third-order valence-electron chi connectivity index (χ3n) is 4.23. The van der Waals surface area contributed by atoms with Crippen LogP contribution in [0.25, 0.3) is 0 Å². The topological polar surface area (TPSA) is 12.0 Å². The minimum Gasteiger partial charge on any atom is -0.317 e. The highest BCUT2D eigenvalue weighted by atomic mass is 79.9. The Morgan fingerprint density at radius 1 is 0.950 bits per heavy atom. The lowest BCUT2D eigenvalue weighted by atomic mass is 9.68. The van der Waals surface area contributed by atoms with Crippen molar-refractivity contribution < 1.29 is 0 Å². The van der Waals surface area contributed by atoms with Gasteiger partial charge < -0.3 is 5.32 Å². The summed E-state index contributed by atoms with van der Waals surface area (Å²) in [6, 6.07) is 17.1. The summed E-state index contributed by atoms with van der Waals surface area (Å²) in [5.41, 5.74) is 2.79. The number of hydrogen-bond donors (Lipinski definition) is 1. The van der Waals surface area contributed by atoms with Gasteiger partial charge in [-0.2, -0.15) is 0 Å². The molecule has 1 heterocycles. The maximum absolute atomic E-state index is 6.22. The fourth-order valence-electron chi connectivity index (χ4n) is 3.15. The zero-order chi connectivity index (χ0) is 14.0. The molecule has 3 rings (SSSR count). The summed E-state index contributed by atoms with van der Waals surface area (Å²) in [5.74, 6) is 0. The minimum atomic E-state index is 0.0802. The molecular weight excluding hydrogens is 334 g/mol. The van der Waals surface area contributed by atoms with Crippen molar-refractivity contribution in [3.8, 4) is 0 Å². The van der Waals surface area contributed by atoms with Crippen molar-refractivity contribution >= 4 is 27.5 Å². The van der Waals surface area contributed by atoms with Crippen LogP contribution >= 0.6 is 27.5 Å². The van der Waals surface area contributed by atoms with E-state index in [2.05, 4.69) is 63.7 Å². The second-order valence-electron chi connectivity index (χ2n) is 5.35. The van der Waals surface area contributed by atoms with E-state index in [0.29, 0.717) is 0 Å². The highest BCUT2D eigenvalue weighted by Gasteiger charge is 2.35. The lowest BCUT2D eigenvalue weighted by molar-refractivity contribution is 0.362. The van der Waals surface area contributed by atoms with Crippen molar-refractivity contribution in [3.05, 3.63) is 69.2 Å². The smallest absolute Gasteiger partial charge is 0.0409 e. The molecule has 0 aromatic heterocycles. The summed E-state index contributed by atoms with van der Waals surface area (Å²) >= 11 is 9.74. The molecule has 0 aliphatic carbocycles. The van der Waals surface area contributed by atoms with Crippen molar-refractivity contribution in [2.45, 2.75) is 18.3 Å². The SMILES string of the molecule is Clc1cccc(C2(c3ccc(Br)cc3)CCNCC2)c1. The second kappa shape index (κ2) is 5.88. The number of hydrogen-bond acceptors (Lipinski definition) is 1. The molecule has 1 saturated heterocycles. The summed E-state index contributed by atoms with van der Waals surface area (Å²) < 4.78 is 1.12. The first-order chi connectivity index (χ1) is 9.71. The first-order valence-electron chi connectivity index (χ1n) is 6.93. The van der Waals surface area contributed by atoms with E-state index in [0.717, 1.165) is 35.4 Å². The summed E-state index contributed by atoms with van der Waals surface area (Å²) in [6.07, 6.45) is 2.21. The molecule has 0 radical (unpaired) electrons. The van der Waals surface area contributed by atoms with Gasteiger partial charge in [0.2, 0.25) is 0 Å². The fourth-order valence-corrected chi connectivity index (χ4v) is 3.61. The van der Waals surface area contributed by atoms with Crippen LogP contribution in [0.2, 0.25) is 5.02 Å². The Morgan fingerprint density at radius 2 is 1.65 bits per heavy atom. The van der Waals surface area contributed by atoms with Crippen LogP contribution in [0, 0.1) is 0 Å². The molecule has 1 N–H and O–H groups in total. The maximum atomic E-state index is 6.22. The number of rotatable bonds is 2. The van der Waals surface area contributed by atoms with Crippen molar-refractivity contribution in [1.82, 2.24) is 5.32 Å². The Kier molecular flexibility index (Phi) is 4.16. The summed E-state index contributed by atoms with van der Waals surface area (Å²) in [4.78, 5) is 0. The molecule has 2 aromatic rings. The second-order valence-corrected chi connectivity index (χ2v) is 6.70. The van der Waals surface area contributed by atoms with E-state index in [-0.39, 0.29) is 5.41 Å². The molecule has 20 heavy (non-hydrogen) atoms. The number of piperidine rings is 1. The van der Waals surface area contributed by atoms with Crippen LogP contribution in [0.1, 0.15) is 24.0 Å². The molecule has 0 unspecified atom stereocenters. The number of nitrogens with one attached hydrogen (secondary N) is 1. The summed E-state index contributed by atoms with van der Waals surface area (Å²) in [5, 5.41) is 4.28. The van der Waals surface area contributed by atoms with E-state index >= 15 is 0 Å². The van der Waals surface area contributed by atoms with Gasteiger partial charge in [-0.1, -0.05) is 51.8 Å². The molecule has 0 amide bonds. The predicted octanol–water partition coefficient (Wildman–Crippen LogP) is 4.77. The number of halogens is 2. The van der Waals surface area contributed by atoms with E-state index in [1.54, 1.807) is 0 Å². The van der Waals surface area contributed by atoms with Gasteiger partial charge in [-0.15, -0.1) is 0 Å². The summed E-state index contributed by atoms with van der Waals surface area (Å²) in [6.45, 7) is 2.09. The van der Waals surface area contributed by atoms with Crippen molar-refractivity contribution in [3.63, 3.8) is 0 Å². The molecule has 1 fully saturated rings. The Balaban J connectivity index is 2.11. The molecule has 1 aliphatic heterocycles. The largest absolute Gasteiger partial charge is 0.317 e. The molecular formula is C17H17BrClN. The standard InChI is InChI=1S/C17H17BrClN/c18-15-6-4-13(5-7-15)17(8-10-20-11-9-17)14-2-1-3-16(19)12-14/h1-7,12,20H,8-11H2. The van der Waals surface area contributed by atoms with Gasteiger partial charge in [-0.05, 0) is 61.3 Å². The molecule has 0 spiro atoms. The van der Waals surface area contributed by atoms with E-state index in [1.165, 1.54) is 11.1 Å². The average Bonchev–Trinajstić information content (AvgIpc) is 2.49. The molecule has 1 nitrogen and oxygen atoms in total. The Labute approximate surface area is 133 Å². The van der Waals surface area contributed by atoms with Crippen LogP contribution in [0.3, 0.4) is 0 Å². The molecule has 0 bridgehead atoms. The fraction of sp³-hybridized carbons (Fsp3) is 0.294. The van der Waals surface area contributed by atoms with Crippen LogP contribution < -0.4 is 5.32 Å². The third-order valence-corrected chi connectivity index (χ3v) is 4.99. The van der Waals surface area contributed by atoms with Crippen molar-refractivity contribution in [1.29, 1.82) is 0 Å². The van der Waals surface area contributed by atoms with Gasteiger partial charge in [0.25, 0.3) is 0 Å². The predicted molar refractivity (Wildman–Crippen MR) is 88.5 cm³/mol. The van der Waals surface area contributed by atoms with Gasteiger partial charge in [0.1, 0.15) is 0 Å². The Hall–Kier alpha value is -0.830. The molecule has 3 heteroatoms. The van der Waals surface area contributed by atoms with Gasteiger partial charge in [0, 0.05) is 14.9 Å². The lowest BCUT2D eigenvalue weighted by Crippen LogP contribution is -2.40. The molecule has 1 aliphatic rings. The van der Waals surface area contributed by atoms with Crippen LogP contribution in [0.4, 0.5) is 0 Å². The molecule has 2 aromatic carbocycles. The number of benzene rings is 2. The maximum Gasteiger partial charge on any atom is 0.0409 e. The zero-order valence-corrected chi connectivity index (χ0v) is 13.5. The monoisotopic (exact) mass is 349 g/mol. The summed E-state index contributed by atoms with van der Waals surface area (Å²) in [7, 11) is 0. The highest BCUT2D eigenvalue weighted by molar-refractivity contribution is 9.10. The van der Waals surface area contributed by atoms with Crippen molar-refractivity contribution in [2.24, 2.45) is 0 Å². The minimum absolute atomic E-state index is 0.0802. The van der Waals surface area contributed by atoms with Crippen molar-refractivity contribution in [2.75, 3.05) is 13.1 Å². The molecule has 104 valence electrons. The normalized spacial score (nSPS) is 17.9. The van der Waals surface area contributed by atoms with Crippen LogP contribution in [0.5, 0.6) is 0 Å². The molecule has 0 saturated carbocycles. The van der Waals surface area contributed by atoms with Gasteiger partial charge in [-0.25, -0.2) is 0 Å². The van der Waals surface area contributed by atoms with E-state index < -0.39 is 0 Å². The quantitative estimate of drug-likeness (QED) is 0.822. The van der Waals surface area contributed by atoms with Crippen LogP contribution in [-0.2, 0) is 5.41 Å². The Morgan fingerprint density at radius 3 is 2.30 bits per heavy atom. The van der Waals surface area contributed by atoms with E-state index in [4.69, 9.17) is 11.6 Å². The van der Waals surface area contributed by atoms with Gasteiger partial charge in [-0.3, -0.25) is 0 Å². The van der Waals surface area contributed by atoms with Gasteiger partial charge >= 0.3 is 0 Å². The Bertz CT molecular complexity index is 588. The highest BCUT2D eigenvalue weighted by Crippen LogP contribution is 2.41. The lowest BCUT2D eigenvalue weighted by Gasteiger charge is -2.39. The van der Waals surface area contributed by atoms with Crippen LogP contribution in [-0.4, -0.2) is 13.1 Å². The first-order valence-corrected chi connectivity index (χ1v) is 8.11. The van der Waals surface area contributed by atoms with E-state index in [1.807, 2.05) is 6.07 Å². The third kappa shape index (κ3) is 2.65. The van der Waals surface area contributed by atoms with Gasteiger partial charge in [0.15, 0.2) is 0 Å². The molecule has 0 atom stereocenters. The van der Waals surface area contributed by atoms with Gasteiger partial charge in [0.05, 0.1) is 0 Å². The average molecular weight is 351 g/mol. The van der Waals surface area contributed by atoms with Crippen LogP contribution in [0.15, 0.2) is 53.0 Å². The van der Waals surface area contributed by atoms with E-state index in [9.17, 15) is 0 Å².